The maximum absolute atomic E-state index is 12.1. The SMILES string of the molecule is CCC1CCC(O)(CNC(=O)[C@@H]2CC[C@H](C(=O)O)C2)CC1. The molecule has 5 nitrogen and oxygen atoms in total. The van der Waals surface area contributed by atoms with Crippen molar-refractivity contribution in [3.63, 3.8) is 0 Å². The van der Waals surface area contributed by atoms with Gasteiger partial charge in [0, 0.05) is 12.5 Å². The predicted molar refractivity (Wildman–Crippen MR) is 78.7 cm³/mol. The Balaban J connectivity index is 1.75. The summed E-state index contributed by atoms with van der Waals surface area (Å²) in [5.41, 5.74) is -0.772. The molecule has 120 valence electrons. The number of aliphatic carboxylic acids is 1. The summed E-state index contributed by atoms with van der Waals surface area (Å²) in [7, 11) is 0. The molecule has 0 aliphatic heterocycles. The largest absolute Gasteiger partial charge is 0.481 e. The van der Waals surface area contributed by atoms with E-state index in [1.807, 2.05) is 0 Å². The molecule has 0 aromatic carbocycles. The molecule has 0 bridgehead atoms. The van der Waals surface area contributed by atoms with E-state index in [1.54, 1.807) is 0 Å². The van der Waals surface area contributed by atoms with Gasteiger partial charge in [-0.05, 0) is 50.9 Å². The Morgan fingerprint density at radius 1 is 1.14 bits per heavy atom. The monoisotopic (exact) mass is 297 g/mol. The van der Waals surface area contributed by atoms with Crippen molar-refractivity contribution in [3.05, 3.63) is 0 Å². The molecule has 0 spiro atoms. The summed E-state index contributed by atoms with van der Waals surface area (Å²) < 4.78 is 0. The van der Waals surface area contributed by atoms with Crippen LogP contribution in [-0.4, -0.2) is 34.2 Å². The lowest BCUT2D eigenvalue weighted by molar-refractivity contribution is -0.141. The molecule has 5 heteroatoms. The van der Waals surface area contributed by atoms with Crippen LogP contribution in [0.3, 0.4) is 0 Å². The second kappa shape index (κ2) is 6.77. The summed E-state index contributed by atoms with van der Waals surface area (Å²) in [5, 5.41) is 22.3. The van der Waals surface area contributed by atoms with E-state index in [-0.39, 0.29) is 17.7 Å². The Kier molecular flexibility index (Phi) is 5.25. The molecule has 2 atom stereocenters. The zero-order chi connectivity index (χ0) is 15.5. The molecule has 2 aliphatic carbocycles. The van der Waals surface area contributed by atoms with E-state index in [0.29, 0.717) is 31.7 Å². The topological polar surface area (TPSA) is 86.6 Å². The molecule has 0 saturated heterocycles. The number of hydrogen-bond acceptors (Lipinski definition) is 3. The molecule has 2 saturated carbocycles. The Labute approximate surface area is 126 Å². The standard InChI is InChI=1S/C16H27NO4/c1-2-11-5-7-16(21,8-6-11)10-17-14(18)12-3-4-13(9-12)15(19)20/h11-13,21H,2-10H2,1H3,(H,17,18)(H,19,20)/t11?,12-,13+,16?/m1/s1. The average molecular weight is 297 g/mol. The first kappa shape index (κ1) is 16.3. The number of amides is 1. The first-order chi connectivity index (χ1) is 9.93. The third kappa shape index (κ3) is 4.19. The van der Waals surface area contributed by atoms with E-state index in [0.717, 1.165) is 32.1 Å². The van der Waals surface area contributed by atoms with E-state index >= 15 is 0 Å². The van der Waals surface area contributed by atoms with E-state index in [1.165, 1.54) is 0 Å². The Morgan fingerprint density at radius 2 is 1.76 bits per heavy atom. The second-order valence-electron chi connectivity index (χ2n) is 6.84. The van der Waals surface area contributed by atoms with Gasteiger partial charge >= 0.3 is 5.97 Å². The zero-order valence-corrected chi connectivity index (χ0v) is 12.8. The third-order valence-electron chi connectivity index (χ3n) is 5.36. The fourth-order valence-electron chi connectivity index (χ4n) is 3.64. The summed E-state index contributed by atoms with van der Waals surface area (Å²) in [4.78, 5) is 23.0. The molecule has 0 unspecified atom stereocenters. The van der Waals surface area contributed by atoms with Crippen LogP contribution in [-0.2, 0) is 9.59 Å². The third-order valence-corrected chi connectivity index (χ3v) is 5.36. The highest BCUT2D eigenvalue weighted by atomic mass is 16.4. The summed E-state index contributed by atoms with van der Waals surface area (Å²) in [6.07, 6.45) is 6.33. The van der Waals surface area contributed by atoms with E-state index in [4.69, 9.17) is 5.11 Å². The molecular formula is C16H27NO4. The maximum atomic E-state index is 12.1. The Morgan fingerprint density at radius 3 is 2.29 bits per heavy atom. The van der Waals surface area contributed by atoms with Gasteiger partial charge in [-0.15, -0.1) is 0 Å². The number of carboxylic acid groups (broad SMARTS) is 1. The fraction of sp³-hybridized carbons (Fsp3) is 0.875. The lowest BCUT2D eigenvalue weighted by atomic mass is 9.78. The van der Waals surface area contributed by atoms with Crippen LogP contribution in [0.25, 0.3) is 0 Å². The number of carbonyl (C=O) groups excluding carboxylic acids is 1. The second-order valence-corrected chi connectivity index (χ2v) is 6.84. The van der Waals surface area contributed by atoms with Crippen molar-refractivity contribution in [1.82, 2.24) is 5.32 Å². The number of hydrogen-bond donors (Lipinski definition) is 3. The van der Waals surface area contributed by atoms with Gasteiger partial charge in [0.25, 0.3) is 0 Å². The molecular weight excluding hydrogens is 270 g/mol. The fourth-order valence-corrected chi connectivity index (χ4v) is 3.64. The number of carbonyl (C=O) groups is 2. The zero-order valence-electron chi connectivity index (χ0n) is 12.8. The summed E-state index contributed by atoms with van der Waals surface area (Å²) in [6, 6.07) is 0. The van der Waals surface area contributed by atoms with Gasteiger partial charge in [0.1, 0.15) is 0 Å². The van der Waals surface area contributed by atoms with Crippen molar-refractivity contribution in [2.75, 3.05) is 6.54 Å². The number of nitrogens with one attached hydrogen (secondary N) is 1. The van der Waals surface area contributed by atoms with Gasteiger partial charge in [0.2, 0.25) is 5.91 Å². The molecule has 0 aromatic heterocycles. The minimum Gasteiger partial charge on any atom is -0.481 e. The van der Waals surface area contributed by atoms with Gasteiger partial charge in [-0.2, -0.15) is 0 Å². The van der Waals surface area contributed by atoms with Gasteiger partial charge in [0.05, 0.1) is 11.5 Å². The van der Waals surface area contributed by atoms with Crippen molar-refractivity contribution >= 4 is 11.9 Å². The van der Waals surface area contributed by atoms with Gasteiger partial charge in [0.15, 0.2) is 0 Å². The van der Waals surface area contributed by atoms with Crippen LogP contribution >= 0.6 is 0 Å². The highest BCUT2D eigenvalue weighted by Gasteiger charge is 2.36. The van der Waals surface area contributed by atoms with Crippen molar-refractivity contribution in [2.24, 2.45) is 17.8 Å². The molecule has 0 aromatic rings. The summed E-state index contributed by atoms with van der Waals surface area (Å²) in [6.45, 7) is 2.48. The quantitative estimate of drug-likeness (QED) is 0.723. The molecule has 0 heterocycles. The minimum atomic E-state index is -0.804. The molecule has 0 radical (unpaired) electrons. The van der Waals surface area contributed by atoms with Crippen LogP contribution in [0.1, 0.15) is 58.3 Å². The van der Waals surface area contributed by atoms with Gasteiger partial charge in [-0.1, -0.05) is 13.3 Å². The van der Waals surface area contributed by atoms with Crippen LogP contribution in [0, 0.1) is 17.8 Å². The summed E-state index contributed by atoms with van der Waals surface area (Å²) >= 11 is 0. The van der Waals surface area contributed by atoms with Crippen molar-refractivity contribution in [2.45, 2.75) is 63.9 Å². The molecule has 1 amide bonds. The van der Waals surface area contributed by atoms with E-state index < -0.39 is 11.6 Å². The Bertz CT molecular complexity index is 388. The van der Waals surface area contributed by atoms with Gasteiger partial charge in [-0.25, -0.2) is 0 Å². The van der Waals surface area contributed by atoms with Crippen LogP contribution < -0.4 is 5.32 Å². The smallest absolute Gasteiger partial charge is 0.306 e. The maximum Gasteiger partial charge on any atom is 0.306 e. The molecule has 2 fully saturated rings. The van der Waals surface area contributed by atoms with E-state index in [2.05, 4.69) is 12.2 Å². The molecule has 2 aliphatic rings. The van der Waals surface area contributed by atoms with Crippen LogP contribution in [0.5, 0.6) is 0 Å². The van der Waals surface area contributed by atoms with Crippen molar-refractivity contribution in [3.8, 4) is 0 Å². The lowest BCUT2D eigenvalue weighted by Gasteiger charge is -2.36. The Hall–Kier alpha value is -1.10. The number of carboxylic acids is 1. The van der Waals surface area contributed by atoms with Crippen LogP contribution in [0.15, 0.2) is 0 Å². The van der Waals surface area contributed by atoms with Crippen LogP contribution in [0.2, 0.25) is 0 Å². The number of rotatable bonds is 5. The first-order valence-corrected chi connectivity index (χ1v) is 8.16. The highest BCUT2D eigenvalue weighted by molar-refractivity contribution is 5.80. The minimum absolute atomic E-state index is 0.0928. The normalized spacial score (nSPS) is 36.4. The first-order valence-electron chi connectivity index (χ1n) is 8.16. The van der Waals surface area contributed by atoms with Crippen molar-refractivity contribution < 1.29 is 19.8 Å². The molecule has 3 N–H and O–H groups in total. The highest BCUT2D eigenvalue weighted by Crippen LogP contribution is 2.34. The number of aliphatic hydroxyl groups is 1. The predicted octanol–water partition coefficient (Wildman–Crippen LogP) is 1.93. The van der Waals surface area contributed by atoms with E-state index in [9.17, 15) is 14.7 Å². The summed E-state index contributed by atoms with van der Waals surface area (Å²) in [5.74, 6) is -0.788. The molecule has 2 rings (SSSR count). The lowest BCUT2D eigenvalue weighted by Crippen LogP contribution is -2.46. The van der Waals surface area contributed by atoms with Gasteiger partial charge in [-0.3, -0.25) is 9.59 Å². The van der Waals surface area contributed by atoms with Gasteiger partial charge < -0.3 is 15.5 Å². The average Bonchev–Trinajstić information content (AvgIpc) is 2.96. The molecule has 21 heavy (non-hydrogen) atoms. The van der Waals surface area contributed by atoms with Crippen molar-refractivity contribution in [1.29, 1.82) is 0 Å². The van der Waals surface area contributed by atoms with Crippen LogP contribution in [0.4, 0.5) is 0 Å².